The molecule has 3 N–H and O–H groups in total. The Hall–Kier alpha value is -1.95. The predicted octanol–water partition coefficient (Wildman–Crippen LogP) is 0.563. The molecule has 1 aromatic carbocycles. The van der Waals surface area contributed by atoms with Crippen LogP contribution in [0.5, 0.6) is 17.2 Å². The van der Waals surface area contributed by atoms with Crippen molar-refractivity contribution in [2.45, 2.75) is 19.4 Å². The summed E-state index contributed by atoms with van der Waals surface area (Å²) < 4.78 is 15.9. The van der Waals surface area contributed by atoms with Crippen LogP contribution in [0.25, 0.3) is 0 Å². The number of benzene rings is 1. The fourth-order valence-corrected chi connectivity index (χ4v) is 1.53. The molecule has 0 saturated carbocycles. The molecule has 1 amide bonds. The summed E-state index contributed by atoms with van der Waals surface area (Å²) in [6.45, 7) is 2.05. The second-order valence-corrected chi connectivity index (χ2v) is 3.54. The molecule has 17 heavy (non-hydrogen) atoms. The van der Waals surface area contributed by atoms with E-state index in [2.05, 4.69) is 5.43 Å². The van der Waals surface area contributed by atoms with Gasteiger partial charge in [-0.25, -0.2) is 5.84 Å². The highest BCUT2D eigenvalue weighted by atomic mass is 16.7. The van der Waals surface area contributed by atoms with Crippen LogP contribution in [-0.4, -0.2) is 18.8 Å². The van der Waals surface area contributed by atoms with E-state index in [1.165, 1.54) is 0 Å². The van der Waals surface area contributed by atoms with Gasteiger partial charge in [-0.1, -0.05) is 6.92 Å². The van der Waals surface area contributed by atoms with Gasteiger partial charge in [0.2, 0.25) is 6.79 Å². The molecule has 0 saturated heterocycles. The molecular formula is C11H14N2O4. The predicted molar refractivity (Wildman–Crippen MR) is 59.6 cm³/mol. The Kier molecular flexibility index (Phi) is 3.34. The van der Waals surface area contributed by atoms with Crippen molar-refractivity contribution in [1.29, 1.82) is 0 Å². The van der Waals surface area contributed by atoms with Crippen LogP contribution in [0.4, 0.5) is 0 Å². The van der Waals surface area contributed by atoms with Crippen molar-refractivity contribution < 1.29 is 19.0 Å². The van der Waals surface area contributed by atoms with Gasteiger partial charge in [-0.05, 0) is 18.6 Å². The lowest BCUT2D eigenvalue weighted by molar-refractivity contribution is -0.128. The monoisotopic (exact) mass is 238 g/mol. The Morgan fingerprint density at radius 3 is 3.00 bits per heavy atom. The minimum absolute atomic E-state index is 0.208. The standard InChI is InChI=1S/C11H14N2O4/c1-2-8(11(14)13-12)17-7-3-4-9-10(5-7)16-6-15-9/h3-5,8H,2,6,12H2,1H3,(H,13,14)/t8-/m1/s1. The molecule has 1 heterocycles. The van der Waals surface area contributed by atoms with Gasteiger partial charge in [-0.15, -0.1) is 0 Å². The molecule has 1 aromatic rings. The number of rotatable bonds is 4. The van der Waals surface area contributed by atoms with Crippen molar-refractivity contribution in [3.8, 4) is 17.2 Å². The first-order valence-electron chi connectivity index (χ1n) is 5.31. The van der Waals surface area contributed by atoms with Crippen LogP contribution in [-0.2, 0) is 4.79 Å². The number of hydrogen-bond donors (Lipinski definition) is 2. The molecule has 1 aliphatic heterocycles. The maximum absolute atomic E-state index is 11.4. The van der Waals surface area contributed by atoms with Crippen molar-refractivity contribution >= 4 is 5.91 Å². The zero-order valence-electron chi connectivity index (χ0n) is 9.43. The Morgan fingerprint density at radius 2 is 2.29 bits per heavy atom. The van der Waals surface area contributed by atoms with Crippen molar-refractivity contribution in [1.82, 2.24) is 5.43 Å². The highest BCUT2D eigenvalue weighted by Crippen LogP contribution is 2.35. The quantitative estimate of drug-likeness (QED) is 0.455. The van der Waals surface area contributed by atoms with Crippen molar-refractivity contribution in [3.05, 3.63) is 18.2 Å². The maximum Gasteiger partial charge on any atom is 0.274 e. The molecule has 0 bridgehead atoms. The average molecular weight is 238 g/mol. The molecule has 0 radical (unpaired) electrons. The summed E-state index contributed by atoms with van der Waals surface area (Å²) in [6.07, 6.45) is -0.0855. The molecule has 0 aliphatic carbocycles. The SMILES string of the molecule is CC[C@@H](Oc1ccc2c(c1)OCO2)C(=O)NN. The van der Waals surface area contributed by atoms with Gasteiger partial charge in [-0.3, -0.25) is 10.2 Å². The first-order valence-corrected chi connectivity index (χ1v) is 5.31. The van der Waals surface area contributed by atoms with E-state index in [0.717, 1.165) is 0 Å². The van der Waals surface area contributed by atoms with Crippen LogP contribution in [0.3, 0.4) is 0 Å². The van der Waals surface area contributed by atoms with E-state index in [1.807, 2.05) is 6.92 Å². The second kappa shape index (κ2) is 4.92. The second-order valence-electron chi connectivity index (χ2n) is 3.54. The number of carbonyl (C=O) groups is 1. The normalized spacial score (nSPS) is 14.2. The van der Waals surface area contributed by atoms with Gasteiger partial charge >= 0.3 is 0 Å². The third kappa shape index (κ3) is 2.42. The van der Waals surface area contributed by atoms with Gasteiger partial charge in [0.15, 0.2) is 17.6 Å². The minimum Gasteiger partial charge on any atom is -0.480 e. The van der Waals surface area contributed by atoms with E-state index >= 15 is 0 Å². The van der Waals surface area contributed by atoms with E-state index in [4.69, 9.17) is 20.1 Å². The van der Waals surface area contributed by atoms with Crippen molar-refractivity contribution in [3.63, 3.8) is 0 Å². The highest BCUT2D eigenvalue weighted by molar-refractivity contribution is 5.80. The summed E-state index contributed by atoms with van der Waals surface area (Å²) in [4.78, 5) is 11.4. The number of hydrogen-bond acceptors (Lipinski definition) is 5. The number of ether oxygens (including phenoxy) is 3. The Bertz CT molecular complexity index is 422. The third-order valence-electron chi connectivity index (χ3n) is 2.43. The van der Waals surface area contributed by atoms with Crippen LogP contribution in [0.15, 0.2) is 18.2 Å². The lowest BCUT2D eigenvalue weighted by atomic mass is 10.2. The van der Waals surface area contributed by atoms with E-state index in [9.17, 15) is 4.79 Å². The van der Waals surface area contributed by atoms with Crippen molar-refractivity contribution in [2.75, 3.05) is 6.79 Å². The summed E-state index contributed by atoms with van der Waals surface area (Å²) >= 11 is 0. The lowest BCUT2D eigenvalue weighted by Gasteiger charge is -2.15. The first kappa shape index (κ1) is 11.5. The van der Waals surface area contributed by atoms with E-state index < -0.39 is 6.10 Å². The summed E-state index contributed by atoms with van der Waals surface area (Å²) in [5.74, 6) is 6.55. The summed E-state index contributed by atoms with van der Waals surface area (Å²) in [5, 5.41) is 0. The zero-order chi connectivity index (χ0) is 12.3. The molecule has 0 aromatic heterocycles. The summed E-state index contributed by atoms with van der Waals surface area (Å²) in [7, 11) is 0. The van der Waals surface area contributed by atoms with E-state index in [-0.39, 0.29) is 12.7 Å². The van der Waals surface area contributed by atoms with Gasteiger partial charge in [-0.2, -0.15) is 0 Å². The van der Waals surface area contributed by atoms with Gasteiger partial charge in [0.05, 0.1) is 0 Å². The number of fused-ring (bicyclic) bond motifs is 1. The zero-order valence-corrected chi connectivity index (χ0v) is 9.43. The molecule has 2 rings (SSSR count). The largest absolute Gasteiger partial charge is 0.480 e. The van der Waals surface area contributed by atoms with Crippen molar-refractivity contribution in [2.24, 2.45) is 5.84 Å². The number of nitrogens with two attached hydrogens (primary N) is 1. The number of nitrogens with one attached hydrogen (secondary N) is 1. The van der Waals surface area contributed by atoms with Gasteiger partial charge < -0.3 is 14.2 Å². The minimum atomic E-state index is -0.611. The van der Waals surface area contributed by atoms with Gasteiger partial charge in [0.1, 0.15) is 5.75 Å². The first-order chi connectivity index (χ1) is 8.24. The third-order valence-corrected chi connectivity index (χ3v) is 2.43. The number of amides is 1. The van der Waals surface area contributed by atoms with Crippen LogP contribution < -0.4 is 25.5 Å². The topological polar surface area (TPSA) is 82.8 Å². The summed E-state index contributed by atoms with van der Waals surface area (Å²) in [6, 6.07) is 5.15. The molecule has 0 unspecified atom stereocenters. The van der Waals surface area contributed by atoms with E-state index in [1.54, 1.807) is 18.2 Å². The smallest absolute Gasteiger partial charge is 0.274 e. The molecule has 92 valence electrons. The molecule has 0 spiro atoms. The van der Waals surface area contributed by atoms with Gasteiger partial charge in [0, 0.05) is 6.07 Å². The highest BCUT2D eigenvalue weighted by Gasteiger charge is 2.19. The molecule has 1 aliphatic rings. The molecule has 6 nitrogen and oxygen atoms in total. The fraction of sp³-hybridized carbons (Fsp3) is 0.364. The lowest BCUT2D eigenvalue weighted by Crippen LogP contribution is -2.41. The maximum atomic E-state index is 11.4. The molecular weight excluding hydrogens is 224 g/mol. The molecule has 0 fully saturated rings. The number of hydrazine groups is 1. The van der Waals surface area contributed by atoms with Crippen LogP contribution >= 0.6 is 0 Å². The Labute approximate surface area is 98.6 Å². The molecule has 6 heteroatoms. The van der Waals surface area contributed by atoms with Crippen LogP contribution in [0.1, 0.15) is 13.3 Å². The van der Waals surface area contributed by atoms with E-state index in [0.29, 0.717) is 23.7 Å². The fourth-order valence-electron chi connectivity index (χ4n) is 1.53. The Morgan fingerprint density at radius 1 is 1.53 bits per heavy atom. The van der Waals surface area contributed by atoms with Crippen LogP contribution in [0, 0.1) is 0 Å². The van der Waals surface area contributed by atoms with Gasteiger partial charge in [0.25, 0.3) is 5.91 Å². The average Bonchev–Trinajstić information content (AvgIpc) is 2.82. The number of carbonyl (C=O) groups excluding carboxylic acids is 1. The summed E-state index contributed by atoms with van der Waals surface area (Å²) in [5.41, 5.74) is 2.07. The molecule has 1 atom stereocenters. The Balaban J connectivity index is 2.10. The van der Waals surface area contributed by atoms with Crippen LogP contribution in [0.2, 0.25) is 0 Å².